The van der Waals surface area contributed by atoms with Crippen LogP contribution in [0.5, 0.6) is 0 Å². The van der Waals surface area contributed by atoms with Crippen molar-refractivity contribution in [3.05, 3.63) is 35.7 Å². The largest absolute Gasteiger partial charge is 0.306 e. The lowest BCUT2D eigenvalue weighted by molar-refractivity contribution is 0.112. The molecule has 0 amide bonds. The number of aromatic amines is 1. The number of H-pyrrole nitrogens is 1. The molecule has 3 nitrogen and oxygen atoms in total. The molecule has 0 saturated heterocycles. The number of nitrogens with one attached hydrogen (secondary N) is 1. The Morgan fingerprint density at radius 1 is 1.58 bits per heavy atom. The first-order valence-electron chi connectivity index (χ1n) is 3.74. The highest BCUT2D eigenvalue weighted by molar-refractivity contribution is 5.75. The van der Waals surface area contributed by atoms with Crippen LogP contribution < -0.4 is 0 Å². The molecule has 0 radical (unpaired) electrons. The summed E-state index contributed by atoms with van der Waals surface area (Å²) < 4.78 is 1.77. The van der Waals surface area contributed by atoms with Crippen LogP contribution in [0.4, 0.5) is 0 Å². The van der Waals surface area contributed by atoms with Crippen molar-refractivity contribution in [2.45, 2.75) is 6.92 Å². The average Bonchev–Trinajstić information content (AvgIpc) is 2.03. The highest BCUT2D eigenvalue weighted by Gasteiger charge is 1.89. The van der Waals surface area contributed by atoms with Crippen LogP contribution in [0, 0.1) is 6.92 Å². The second-order valence-electron chi connectivity index (χ2n) is 2.65. The molecule has 1 heterocycles. The maximum absolute atomic E-state index is 10.6. The molecule has 0 fully saturated rings. The minimum atomic E-state index is 0.672. The molecule has 64 valence electrons. The van der Waals surface area contributed by atoms with Crippen LogP contribution in [0.15, 0.2) is 24.5 Å². The monoisotopic (exact) mass is 164 g/mol. The molecule has 1 rings (SSSR count). The molecule has 1 aromatic heterocycles. The third-order valence-corrected chi connectivity index (χ3v) is 1.66. The summed E-state index contributed by atoms with van der Waals surface area (Å²) in [6, 6.07) is 3.79. The molecule has 0 saturated carbocycles. The maximum Gasteiger partial charge on any atom is 0.151 e. The van der Waals surface area contributed by atoms with Crippen LogP contribution in [-0.4, -0.2) is 16.1 Å². The van der Waals surface area contributed by atoms with E-state index in [2.05, 4.69) is 5.10 Å². The topological polar surface area (TPSA) is 37.8 Å². The Kier molecular flexibility index (Phi) is 2.69. The number of aromatic nitrogens is 2. The third kappa shape index (κ3) is 1.99. The SMILES string of the molecule is Cc1cccn(C)[nH]cc1C=O. The van der Waals surface area contributed by atoms with E-state index in [4.69, 9.17) is 0 Å². The Morgan fingerprint density at radius 3 is 3.00 bits per heavy atom. The Bertz CT molecular complexity index is 321. The number of hydrogen-bond donors (Lipinski definition) is 1. The fourth-order valence-corrected chi connectivity index (χ4v) is 0.868. The van der Waals surface area contributed by atoms with Gasteiger partial charge in [-0.05, 0) is 18.6 Å². The Labute approximate surface area is 71.3 Å². The number of aldehydes is 1. The molecule has 0 aliphatic rings. The molecule has 3 heteroatoms. The summed E-state index contributed by atoms with van der Waals surface area (Å²) >= 11 is 0. The summed E-state index contributed by atoms with van der Waals surface area (Å²) in [7, 11) is 1.86. The van der Waals surface area contributed by atoms with Gasteiger partial charge in [0.05, 0.1) is 0 Å². The van der Waals surface area contributed by atoms with Crippen LogP contribution in [-0.2, 0) is 7.05 Å². The van der Waals surface area contributed by atoms with Gasteiger partial charge in [0.1, 0.15) is 0 Å². The van der Waals surface area contributed by atoms with Crippen molar-refractivity contribution in [2.75, 3.05) is 0 Å². The number of hydrogen-bond acceptors (Lipinski definition) is 1. The predicted octanol–water partition coefficient (Wildman–Crippen LogP) is 1.60. The fourth-order valence-electron chi connectivity index (χ4n) is 0.868. The van der Waals surface area contributed by atoms with E-state index < -0.39 is 0 Å². The van der Waals surface area contributed by atoms with E-state index in [0.29, 0.717) is 5.56 Å². The summed E-state index contributed by atoms with van der Waals surface area (Å²) in [6.07, 6.45) is 4.40. The van der Waals surface area contributed by atoms with E-state index in [0.717, 1.165) is 11.8 Å². The van der Waals surface area contributed by atoms with Crippen molar-refractivity contribution in [3.8, 4) is 0 Å². The van der Waals surface area contributed by atoms with Gasteiger partial charge in [-0.2, -0.15) is 0 Å². The van der Waals surface area contributed by atoms with Crippen LogP contribution in [0.25, 0.3) is 0 Å². The minimum Gasteiger partial charge on any atom is -0.306 e. The third-order valence-electron chi connectivity index (χ3n) is 1.66. The number of rotatable bonds is 1. The molecule has 0 aromatic carbocycles. The predicted molar refractivity (Wildman–Crippen MR) is 47.5 cm³/mol. The highest BCUT2D eigenvalue weighted by Crippen LogP contribution is 1.98. The second kappa shape index (κ2) is 3.76. The second-order valence-corrected chi connectivity index (χ2v) is 2.65. The summed E-state index contributed by atoms with van der Waals surface area (Å²) in [6.45, 7) is 1.90. The number of aryl methyl sites for hydroxylation is 2. The van der Waals surface area contributed by atoms with E-state index in [-0.39, 0.29) is 0 Å². The maximum atomic E-state index is 10.6. The number of carbonyl (C=O) groups is 1. The molecular weight excluding hydrogens is 152 g/mol. The van der Waals surface area contributed by atoms with Gasteiger partial charge < -0.3 is 5.10 Å². The highest BCUT2D eigenvalue weighted by atomic mass is 16.1. The Hall–Kier alpha value is -1.51. The Morgan fingerprint density at radius 2 is 2.33 bits per heavy atom. The molecular formula is C9H12N2O. The first kappa shape index (κ1) is 8.59. The lowest BCUT2D eigenvalue weighted by atomic mass is 10.2. The van der Waals surface area contributed by atoms with Gasteiger partial charge in [-0.1, -0.05) is 6.07 Å². The zero-order chi connectivity index (χ0) is 8.97. The van der Waals surface area contributed by atoms with E-state index in [1.165, 1.54) is 0 Å². The van der Waals surface area contributed by atoms with E-state index in [1.807, 2.05) is 32.3 Å². The van der Waals surface area contributed by atoms with Gasteiger partial charge in [0.15, 0.2) is 6.29 Å². The van der Waals surface area contributed by atoms with Crippen molar-refractivity contribution >= 4 is 6.29 Å². The summed E-state index contributed by atoms with van der Waals surface area (Å²) in [5.74, 6) is 0. The molecule has 0 spiro atoms. The van der Waals surface area contributed by atoms with Gasteiger partial charge in [-0.3, -0.25) is 9.48 Å². The molecule has 0 unspecified atom stereocenters. The molecule has 1 N–H and O–H groups in total. The summed E-state index contributed by atoms with van der Waals surface area (Å²) in [5.41, 5.74) is 1.63. The average molecular weight is 164 g/mol. The molecule has 0 atom stereocenters. The van der Waals surface area contributed by atoms with Gasteiger partial charge >= 0.3 is 0 Å². The summed E-state index contributed by atoms with van der Waals surface area (Å²) in [5, 5.41) is 2.93. The Balaban J connectivity index is 3.33. The van der Waals surface area contributed by atoms with Crippen molar-refractivity contribution in [2.24, 2.45) is 7.05 Å². The quantitative estimate of drug-likeness (QED) is 0.629. The minimum absolute atomic E-state index is 0.672. The van der Waals surface area contributed by atoms with Crippen molar-refractivity contribution in [3.63, 3.8) is 0 Å². The standard InChI is InChI=1S/C9H12N2O/c1-8-4-3-5-11(2)10-6-9(8)7-12/h3-7,10H,1-2H3. The molecule has 12 heavy (non-hydrogen) atoms. The van der Waals surface area contributed by atoms with Gasteiger partial charge in [0.25, 0.3) is 0 Å². The fraction of sp³-hybridized carbons (Fsp3) is 0.222. The molecule has 0 bridgehead atoms. The van der Waals surface area contributed by atoms with Gasteiger partial charge in [0, 0.05) is 25.0 Å². The number of nitrogens with zero attached hydrogens (tertiary/aromatic N) is 1. The van der Waals surface area contributed by atoms with Crippen molar-refractivity contribution in [1.82, 2.24) is 9.78 Å². The van der Waals surface area contributed by atoms with E-state index in [1.54, 1.807) is 10.9 Å². The van der Waals surface area contributed by atoms with Crippen LogP contribution in [0.1, 0.15) is 15.9 Å². The lowest BCUT2D eigenvalue weighted by Gasteiger charge is -1.97. The zero-order valence-electron chi connectivity index (χ0n) is 7.24. The van der Waals surface area contributed by atoms with E-state index >= 15 is 0 Å². The molecule has 0 aliphatic heterocycles. The number of carbonyl (C=O) groups excluding carboxylic acids is 1. The van der Waals surface area contributed by atoms with Crippen LogP contribution in [0.2, 0.25) is 0 Å². The normalized spacial score (nSPS) is 9.17. The van der Waals surface area contributed by atoms with E-state index in [9.17, 15) is 4.79 Å². The van der Waals surface area contributed by atoms with Crippen LogP contribution in [0.3, 0.4) is 0 Å². The lowest BCUT2D eigenvalue weighted by Crippen LogP contribution is -1.94. The van der Waals surface area contributed by atoms with Crippen molar-refractivity contribution < 1.29 is 4.79 Å². The van der Waals surface area contributed by atoms with Crippen LogP contribution >= 0.6 is 0 Å². The first-order chi connectivity index (χ1) is 5.74. The van der Waals surface area contributed by atoms with Crippen molar-refractivity contribution in [1.29, 1.82) is 0 Å². The van der Waals surface area contributed by atoms with Gasteiger partial charge in [0.2, 0.25) is 0 Å². The smallest absolute Gasteiger partial charge is 0.151 e. The van der Waals surface area contributed by atoms with Gasteiger partial charge in [-0.25, -0.2) is 0 Å². The molecule has 1 aromatic rings. The molecule has 0 aliphatic carbocycles. The summed E-state index contributed by atoms with van der Waals surface area (Å²) in [4.78, 5) is 10.6. The van der Waals surface area contributed by atoms with Gasteiger partial charge in [-0.15, -0.1) is 0 Å². The first-order valence-corrected chi connectivity index (χ1v) is 3.74. The zero-order valence-corrected chi connectivity index (χ0v) is 7.24.